The van der Waals surface area contributed by atoms with Gasteiger partial charge in [-0.05, 0) is 6.92 Å². The summed E-state index contributed by atoms with van der Waals surface area (Å²) < 4.78 is 0. The zero-order valence-electron chi connectivity index (χ0n) is 5.92. The average molecular weight is 141 g/mol. The number of aliphatic hydroxyl groups is 1. The van der Waals surface area contributed by atoms with Gasteiger partial charge in [0.1, 0.15) is 6.10 Å². The van der Waals surface area contributed by atoms with Crippen LogP contribution in [0.1, 0.15) is 13.3 Å². The van der Waals surface area contributed by atoms with E-state index in [0.717, 1.165) is 0 Å². The molecule has 2 N–H and O–H groups in total. The molecule has 0 heterocycles. The second-order valence-electron chi connectivity index (χ2n) is 1.92. The van der Waals surface area contributed by atoms with Gasteiger partial charge in [0.2, 0.25) is 5.91 Å². The Balaban J connectivity index is 3.33. The highest BCUT2D eigenvalue weighted by molar-refractivity contribution is 5.79. The van der Waals surface area contributed by atoms with Crippen LogP contribution in [0.25, 0.3) is 0 Å². The molecule has 1 amide bonds. The van der Waals surface area contributed by atoms with Gasteiger partial charge in [0.05, 0.1) is 0 Å². The lowest BCUT2D eigenvalue weighted by molar-refractivity contribution is -0.128. The third kappa shape index (κ3) is 3.93. The standard InChI is InChI=1S/C7H11NO2/c1-3-4-5-8-7(10)6(2)9/h1,6,9H,4-5H2,2H3,(H,8,10)/t6-/m0/s1. The van der Waals surface area contributed by atoms with Crippen molar-refractivity contribution < 1.29 is 9.90 Å². The molecule has 0 aromatic heterocycles. The molecule has 0 rings (SSSR count). The molecule has 3 nitrogen and oxygen atoms in total. The molecule has 0 aliphatic rings. The Hall–Kier alpha value is -1.01. The Labute approximate surface area is 60.4 Å². The first-order chi connectivity index (χ1) is 4.68. The summed E-state index contributed by atoms with van der Waals surface area (Å²) in [5.74, 6) is 1.99. The Morgan fingerprint density at radius 3 is 2.90 bits per heavy atom. The van der Waals surface area contributed by atoms with E-state index in [1.165, 1.54) is 6.92 Å². The van der Waals surface area contributed by atoms with Gasteiger partial charge in [0.25, 0.3) is 0 Å². The fourth-order valence-corrected chi connectivity index (χ4v) is 0.406. The highest BCUT2D eigenvalue weighted by atomic mass is 16.3. The van der Waals surface area contributed by atoms with E-state index in [-0.39, 0.29) is 5.91 Å². The maximum Gasteiger partial charge on any atom is 0.248 e. The smallest absolute Gasteiger partial charge is 0.248 e. The lowest BCUT2D eigenvalue weighted by Crippen LogP contribution is -2.32. The molecular weight excluding hydrogens is 130 g/mol. The highest BCUT2D eigenvalue weighted by Gasteiger charge is 2.05. The van der Waals surface area contributed by atoms with Crippen molar-refractivity contribution in [2.24, 2.45) is 0 Å². The van der Waals surface area contributed by atoms with E-state index in [4.69, 9.17) is 11.5 Å². The zero-order valence-corrected chi connectivity index (χ0v) is 5.92. The number of terminal acetylenes is 1. The van der Waals surface area contributed by atoms with Crippen molar-refractivity contribution in [2.45, 2.75) is 19.4 Å². The number of hydrogen-bond acceptors (Lipinski definition) is 2. The number of carbonyl (C=O) groups is 1. The Morgan fingerprint density at radius 2 is 2.50 bits per heavy atom. The summed E-state index contributed by atoms with van der Waals surface area (Å²) in [7, 11) is 0. The third-order valence-electron chi connectivity index (χ3n) is 0.948. The van der Waals surface area contributed by atoms with Gasteiger partial charge in [-0.25, -0.2) is 0 Å². The number of rotatable bonds is 3. The van der Waals surface area contributed by atoms with Crippen LogP contribution >= 0.6 is 0 Å². The molecule has 56 valence electrons. The molecular formula is C7H11NO2. The van der Waals surface area contributed by atoms with Crippen LogP contribution < -0.4 is 5.32 Å². The van der Waals surface area contributed by atoms with Crippen LogP contribution in [0.5, 0.6) is 0 Å². The van der Waals surface area contributed by atoms with E-state index in [2.05, 4.69) is 11.2 Å². The van der Waals surface area contributed by atoms with Crippen LogP contribution in [0.3, 0.4) is 0 Å². The van der Waals surface area contributed by atoms with Crippen molar-refractivity contribution in [3.8, 4) is 12.3 Å². The normalized spacial score (nSPS) is 11.7. The second kappa shape index (κ2) is 4.83. The van der Waals surface area contributed by atoms with Crippen molar-refractivity contribution in [3.05, 3.63) is 0 Å². The summed E-state index contributed by atoms with van der Waals surface area (Å²) in [6.45, 7) is 1.84. The minimum atomic E-state index is -0.947. The summed E-state index contributed by atoms with van der Waals surface area (Å²) in [4.78, 5) is 10.6. The van der Waals surface area contributed by atoms with Crippen LogP contribution in [0.2, 0.25) is 0 Å². The molecule has 0 unspecified atom stereocenters. The number of aliphatic hydroxyl groups excluding tert-OH is 1. The van der Waals surface area contributed by atoms with Gasteiger partial charge in [0.15, 0.2) is 0 Å². The predicted molar refractivity (Wildman–Crippen MR) is 38.1 cm³/mol. The van der Waals surface area contributed by atoms with Crippen molar-refractivity contribution in [2.75, 3.05) is 6.54 Å². The Kier molecular flexibility index (Phi) is 4.34. The topological polar surface area (TPSA) is 49.3 Å². The molecule has 0 saturated carbocycles. The minimum Gasteiger partial charge on any atom is -0.384 e. The maximum atomic E-state index is 10.6. The van der Waals surface area contributed by atoms with Crippen molar-refractivity contribution in [3.63, 3.8) is 0 Å². The van der Waals surface area contributed by atoms with Crippen LogP contribution in [-0.2, 0) is 4.79 Å². The van der Waals surface area contributed by atoms with Gasteiger partial charge in [0, 0.05) is 13.0 Å². The van der Waals surface area contributed by atoms with Crippen LogP contribution in [0.15, 0.2) is 0 Å². The maximum absolute atomic E-state index is 10.6. The van der Waals surface area contributed by atoms with Crippen molar-refractivity contribution >= 4 is 5.91 Å². The first-order valence-electron chi connectivity index (χ1n) is 3.07. The zero-order chi connectivity index (χ0) is 7.98. The van der Waals surface area contributed by atoms with Gasteiger partial charge in [-0.2, -0.15) is 0 Å². The fourth-order valence-electron chi connectivity index (χ4n) is 0.406. The summed E-state index contributed by atoms with van der Waals surface area (Å²) in [5, 5.41) is 11.1. The summed E-state index contributed by atoms with van der Waals surface area (Å²) in [6, 6.07) is 0. The molecule has 0 spiro atoms. The fraction of sp³-hybridized carbons (Fsp3) is 0.571. The SMILES string of the molecule is C#CCCNC(=O)[C@H](C)O. The summed E-state index contributed by atoms with van der Waals surface area (Å²) in [5.41, 5.74) is 0. The minimum absolute atomic E-state index is 0.379. The molecule has 0 aromatic rings. The summed E-state index contributed by atoms with van der Waals surface area (Å²) >= 11 is 0. The van der Waals surface area contributed by atoms with Gasteiger partial charge < -0.3 is 10.4 Å². The van der Waals surface area contributed by atoms with E-state index >= 15 is 0 Å². The first kappa shape index (κ1) is 8.99. The quantitative estimate of drug-likeness (QED) is 0.411. The molecule has 0 bridgehead atoms. The van der Waals surface area contributed by atoms with Gasteiger partial charge >= 0.3 is 0 Å². The molecule has 0 radical (unpaired) electrons. The first-order valence-corrected chi connectivity index (χ1v) is 3.07. The molecule has 3 heteroatoms. The highest BCUT2D eigenvalue weighted by Crippen LogP contribution is 1.79. The van der Waals surface area contributed by atoms with E-state index < -0.39 is 6.10 Å². The van der Waals surface area contributed by atoms with E-state index in [1.807, 2.05) is 0 Å². The molecule has 10 heavy (non-hydrogen) atoms. The van der Waals surface area contributed by atoms with Crippen LogP contribution in [0.4, 0.5) is 0 Å². The van der Waals surface area contributed by atoms with Crippen LogP contribution in [0, 0.1) is 12.3 Å². The molecule has 0 saturated heterocycles. The van der Waals surface area contributed by atoms with Gasteiger partial charge in [-0.3, -0.25) is 4.79 Å². The van der Waals surface area contributed by atoms with E-state index in [0.29, 0.717) is 13.0 Å². The molecule has 0 aliphatic heterocycles. The van der Waals surface area contributed by atoms with Gasteiger partial charge in [-0.1, -0.05) is 0 Å². The largest absolute Gasteiger partial charge is 0.384 e. The predicted octanol–water partition coefficient (Wildman–Crippen LogP) is -0.493. The summed E-state index contributed by atoms with van der Waals surface area (Å²) in [6.07, 6.45) is 4.48. The van der Waals surface area contributed by atoms with Crippen molar-refractivity contribution in [1.29, 1.82) is 0 Å². The second-order valence-corrected chi connectivity index (χ2v) is 1.92. The van der Waals surface area contributed by atoms with Crippen molar-refractivity contribution in [1.82, 2.24) is 5.32 Å². The monoisotopic (exact) mass is 141 g/mol. The van der Waals surface area contributed by atoms with Gasteiger partial charge in [-0.15, -0.1) is 12.3 Å². The number of nitrogens with one attached hydrogen (secondary N) is 1. The van der Waals surface area contributed by atoms with Crippen LogP contribution in [-0.4, -0.2) is 23.7 Å². The molecule has 1 atom stereocenters. The Morgan fingerprint density at radius 1 is 1.90 bits per heavy atom. The number of amides is 1. The molecule has 0 aliphatic carbocycles. The van der Waals surface area contributed by atoms with E-state index in [9.17, 15) is 4.79 Å². The molecule has 0 aromatic carbocycles. The third-order valence-corrected chi connectivity index (χ3v) is 0.948. The van der Waals surface area contributed by atoms with E-state index in [1.54, 1.807) is 0 Å². The average Bonchev–Trinajstić information content (AvgIpc) is 1.88. The number of hydrogen-bond donors (Lipinski definition) is 2. The molecule has 0 fully saturated rings. The Bertz CT molecular complexity index is 146. The lowest BCUT2D eigenvalue weighted by atomic mass is 10.3. The number of carbonyl (C=O) groups excluding carboxylic acids is 1. The lowest BCUT2D eigenvalue weighted by Gasteiger charge is -2.03.